The lowest BCUT2D eigenvalue weighted by molar-refractivity contribution is 0.0641. The summed E-state index contributed by atoms with van der Waals surface area (Å²) in [5.41, 5.74) is 2.33. The Morgan fingerprint density at radius 2 is 2.08 bits per heavy atom. The van der Waals surface area contributed by atoms with Crippen LogP contribution in [0.15, 0.2) is 36.5 Å². The third kappa shape index (κ3) is 6.36. The van der Waals surface area contributed by atoms with E-state index >= 15 is 0 Å². The molecule has 1 aromatic carbocycles. The molecule has 0 saturated heterocycles. The van der Waals surface area contributed by atoms with E-state index in [1.54, 1.807) is 20.0 Å². The van der Waals surface area contributed by atoms with Gasteiger partial charge in [-0.25, -0.2) is 9.97 Å². The van der Waals surface area contributed by atoms with Gasteiger partial charge in [-0.15, -0.1) is 5.10 Å². The van der Waals surface area contributed by atoms with E-state index in [9.17, 15) is 9.90 Å². The van der Waals surface area contributed by atoms with Crippen molar-refractivity contribution in [1.82, 2.24) is 20.2 Å². The molecule has 196 valence electrons. The van der Waals surface area contributed by atoms with Crippen molar-refractivity contribution in [3.63, 3.8) is 0 Å². The number of carbonyl (C=O) groups is 1. The van der Waals surface area contributed by atoms with Crippen molar-refractivity contribution in [2.75, 3.05) is 11.9 Å². The third-order valence-corrected chi connectivity index (χ3v) is 7.80. The van der Waals surface area contributed by atoms with Crippen LogP contribution in [0.3, 0.4) is 0 Å². The van der Waals surface area contributed by atoms with Crippen molar-refractivity contribution in [2.45, 2.75) is 71.3 Å². The first-order valence-electron chi connectivity index (χ1n) is 13.4. The molecule has 2 aliphatic carbocycles. The van der Waals surface area contributed by atoms with Crippen LogP contribution >= 0.6 is 0 Å². The lowest BCUT2D eigenvalue weighted by Gasteiger charge is -2.19. The second kappa shape index (κ2) is 10.6. The number of hydrogen-bond acceptors (Lipinski definition) is 6. The molecule has 8 heteroatoms. The molecule has 37 heavy (non-hydrogen) atoms. The Kier molecular flexibility index (Phi) is 7.29. The quantitative estimate of drug-likeness (QED) is 0.322. The molecule has 2 saturated carbocycles. The number of rotatable bonds is 10. The highest BCUT2D eigenvalue weighted by atomic mass is 16.5. The number of fused-ring (bicyclic) bond motifs is 2. The smallest absolute Gasteiger partial charge is 0.296 e. The standard InChI is InChI=1S/C29H37N5O3/c1-18-5-8-23(37-12-4-10-29(2,3)36)17-24(18)21-9-11-30-25(15-21)32-28(35)27-31-26(33-34-27)16-22-14-19-6-7-20(22)13-19/h5,8-9,11,15,17,19-20,22,36H,4,6-7,10,12-14,16H2,1-3H3,(H,30,32,35)(H,31,33,34). The minimum Gasteiger partial charge on any atom is -0.494 e. The number of H-pyrrole nitrogens is 1. The zero-order valence-electron chi connectivity index (χ0n) is 22.0. The Labute approximate surface area is 218 Å². The van der Waals surface area contributed by atoms with Gasteiger partial charge in [-0.05, 0) is 112 Å². The third-order valence-electron chi connectivity index (χ3n) is 7.80. The van der Waals surface area contributed by atoms with Gasteiger partial charge in [0.1, 0.15) is 17.4 Å². The van der Waals surface area contributed by atoms with Crippen molar-refractivity contribution < 1.29 is 14.6 Å². The molecule has 2 heterocycles. The monoisotopic (exact) mass is 503 g/mol. The maximum absolute atomic E-state index is 12.8. The van der Waals surface area contributed by atoms with Crippen LogP contribution in [0.5, 0.6) is 5.75 Å². The molecular weight excluding hydrogens is 466 g/mol. The molecule has 2 aliphatic rings. The predicted octanol–water partition coefficient (Wildman–Crippen LogP) is 5.34. The lowest BCUT2D eigenvalue weighted by Crippen LogP contribution is -2.19. The SMILES string of the molecule is Cc1ccc(OCCCC(C)(C)O)cc1-c1ccnc(NC(=O)c2n[nH]c(CC3CC4CCC3C4)n2)c1. The number of carbonyl (C=O) groups excluding carboxylic acids is 1. The highest BCUT2D eigenvalue weighted by molar-refractivity contribution is 6.01. The zero-order valence-corrected chi connectivity index (χ0v) is 22.0. The molecule has 3 unspecified atom stereocenters. The van der Waals surface area contributed by atoms with Crippen molar-refractivity contribution in [3.8, 4) is 16.9 Å². The van der Waals surface area contributed by atoms with Gasteiger partial charge in [-0.1, -0.05) is 12.5 Å². The first-order chi connectivity index (χ1) is 17.7. The Hall–Kier alpha value is -3.26. The molecule has 3 aromatic rings. The summed E-state index contributed by atoms with van der Waals surface area (Å²) in [6.07, 6.45) is 9.31. The van der Waals surface area contributed by atoms with Crippen LogP contribution in [0.2, 0.25) is 0 Å². The van der Waals surface area contributed by atoms with Crippen LogP contribution in [0.1, 0.15) is 74.4 Å². The molecule has 2 bridgehead atoms. The summed E-state index contributed by atoms with van der Waals surface area (Å²) in [7, 11) is 0. The van der Waals surface area contributed by atoms with E-state index in [-0.39, 0.29) is 11.7 Å². The van der Waals surface area contributed by atoms with Crippen LogP contribution in [0, 0.1) is 24.7 Å². The fourth-order valence-corrected chi connectivity index (χ4v) is 5.90. The predicted molar refractivity (Wildman–Crippen MR) is 142 cm³/mol. The number of aromatic amines is 1. The van der Waals surface area contributed by atoms with E-state index in [1.165, 1.54) is 25.7 Å². The Balaban J connectivity index is 1.21. The fraction of sp³-hybridized carbons (Fsp3) is 0.517. The maximum Gasteiger partial charge on any atom is 0.296 e. The van der Waals surface area contributed by atoms with Gasteiger partial charge in [-0.3, -0.25) is 9.89 Å². The van der Waals surface area contributed by atoms with E-state index in [0.29, 0.717) is 24.8 Å². The zero-order chi connectivity index (χ0) is 26.0. The topological polar surface area (TPSA) is 113 Å². The van der Waals surface area contributed by atoms with E-state index in [0.717, 1.165) is 52.9 Å². The van der Waals surface area contributed by atoms with Gasteiger partial charge in [0.2, 0.25) is 5.82 Å². The molecule has 0 aliphatic heterocycles. The number of aryl methyl sites for hydroxylation is 1. The van der Waals surface area contributed by atoms with E-state index in [1.807, 2.05) is 37.3 Å². The number of hydrogen-bond donors (Lipinski definition) is 3. The second-order valence-corrected chi connectivity index (χ2v) is 11.4. The van der Waals surface area contributed by atoms with Crippen molar-refractivity contribution in [2.24, 2.45) is 17.8 Å². The van der Waals surface area contributed by atoms with Crippen LogP contribution in [-0.2, 0) is 6.42 Å². The van der Waals surface area contributed by atoms with Gasteiger partial charge < -0.3 is 15.2 Å². The highest BCUT2D eigenvalue weighted by Gasteiger charge is 2.39. The summed E-state index contributed by atoms with van der Waals surface area (Å²) in [5.74, 6) is 4.11. The average molecular weight is 504 g/mol. The number of amides is 1. The van der Waals surface area contributed by atoms with Gasteiger partial charge in [0.25, 0.3) is 5.91 Å². The Morgan fingerprint density at radius 1 is 1.22 bits per heavy atom. The van der Waals surface area contributed by atoms with Gasteiger partial charge in [0, 0.05) is 12.6 Å². The minimum atomic E-state index is -0.692. The summed E-state index contributed by atoms with van der Waals surface area (Å²) in [6, 6.07) is 9.73. The number of pyridine rings is 1. The number of nitrogens with zero attached hydrogens (tertiary/aromatic N) is 3. The van der Waals surface area contributed by atoms with Crippen LogP contribution in [0.4, 0.5) is 5.82 Å². The Bertz CT molecular complexity index is 1250. The number of aromatic nitrogens is 4. The Morgan fingerprint density at radius 3 is 2.84 bits per heavy atom. The summed E-state index contributed by atoms with van der Waals surface area (Å²) >= 11 is 0. The van der Waals surface area contributed by atoms with E-state index in [4.69, 9.17) is 4.74 Å². The second-order valence-electron chi connectivity index (χ2n) is 11.4. The molecule has 0 radical (unpaired) electrons. The number of anilines is 1. The minimum absolute atomic E-state index is 0.142. The average Bonchev–Trinajstić information content (AvgIpc) is 3.60. The first kappa shape index (κ1) is 25.4. The van der Waals surface area contributed by atoms with Crippen LogP contribution in [-0.4, -0.2) is 43.4 Å². The molecule has 5 rings (SSSR count). The molecule has 2 fully saturated rings. The maximum atomic E-state index is 12.8. The van der Waals surface area contributed by atoms with Gasteiger partial charge in [-0.2, -0.15) is 0 Å². The lowest BCUT2D eigenvalue weighted by atomic mass is 9.86. The molecule has 3 atom stereocenters. The number of benzene rings is 1. The highest BCUT2D eigenvalue weighted by Crippen LogP contribution is 2.49. The van der Waals surface area contributed by atoms with E-state index in [2.05, 4.69) is 25.5 Å². The largest absolute Gasteiger partial charge is 0.494 e. The molecule has 3 N–H and O–H groups in total. The molecular formula is C29H37N5O3. The number of aliphatic hydroxyl groups is 1. The summed E-state index contributed by atoms with van der Waals surface area (Å²) < 4.78 is 5.92. The van der Waals surface area contributed by atoms with Gasteiger partial charge in [0.05, 0.1) is 12.2 Å². The van der Waals surface area contributed by atoms with E-state index < -0.39 is 5.60 Å². The van der Waals surface area contributed by atoms with Gasteiger partial charge >= 0.3 is 0 Å². The van der Waals surface area contributed by atoms with Crippen molar-refractivity contribution >= 4 is 11.7 Å². The fourth-order valence-electron chi connectivity index (χ4n) is 5.90. The normalized spacial score (nSPS) is 20.8. The number of ether oxygens (including phenoxy) is 1. The van der Waals surface area contributed by atoms with Crippen molar-refractivity contribution in [3.05, 3.63) is 53.7 Å². The van der Waals surface area contributed by atoms with Crippen LogP contribution in [0.25, 0.3) is 11.1 Å². The molecule has 2 aromatic heterocycles. The number of nitrogens with one attached hydrogen (secondary N) is 2. The molecule has 1 amide bonds. The summed E-state index contributed by atoms with van der Waals surface area (Å²) in [6.45, 7) is 6.18. The summed E-state index contributed by atoms with van der Waals surface area (Å²) in [5, 5.41) is 19.9. The summed E-state index contributed by atoms with van der Waals surface area (Å²) in [4.78, 5) is 21.6. The van der Waals surface area contributed by atoms with Crippen molar-refractivity contribution in [1.29, 1.82) is 0 Å². The molecule has 0 spiro atoms. The van der Waals surface area contributed by atoms with Crippen LogP contribution < -0.4 is 10.1 Å². The first-order valence-corrected chi connectivity index (χ1v) is 13.4. The van der Waals surface area contributed by atoms with Gasteiger partial charge in [0.15, 0.2) is 0 Å². The molecule has 8 nitrogen and oxygen atoms in total.